The highest BCUT2D eigenvalue weighted by molar-refractivity contribution is 7.09. The van der Waals surface area contributed by atoms with E-state index in [0.29, 0.717) is 24.4 Å². The lowest BCUT2D eigenvalue weighted by atomic mass is 9.89. The first kappa shape index (κ1) is 50.4. The maximum atomic E-state index is 14.4. The second-order valence-corrected chi connectivity index (χ2v) is 17.9. The molecule has 1 aliphatic rings. The minimum Gasteiger partial charge on any atom is -0.461 e. The molecule has 14 nitrogen and oxygen atoms in total. The van der Waals surface area contributed by atoms with Crippen LogP contribution in [0.5, 0.6) is 0 Å². The molecule has 3 rings (SSSR count). The van der Waals surface area contributed by atoms with Crippen LogP contribution in [0.3, 0.4) is 0 Å². The second-order valence-electron chi connectivity index (χ2n) is 17.0. The number of nitrogens with zero attached hydrogens (tertiary/aromatic N) is 4. The van der Waals surface area contributed by atoms with Crippen molar-refractivity contribution >= 4 is 40.9 Å². The summed E-state index contributed by atoms with van der Waals surface area (Å²) in [4.78, 5) is 78.7. The van der Waals surface area contributed by atoms with E-state index >= 15 is 0 Å². The van der Waals surface area contributed by atoms with Gasteiger partial charge < -0.3 is 34.6 Å². The Labute approximate surface area is 362 Å². The molecular weight excluding hydrogens is 785 g/mol. The van der Waals surface area contributed by atoms with Crippen LogP contribution >= 0.6 is 11.3 Å². The van der Waals surface area contributed by atoms with Gasteiger partial charge in [-0.05, 0) is 63.6 Å². The van der Waals surface area contributed by atoms with E-state index in [9.17, 15) is 24.0 Å². The molecule has 9 atom stereocenters. The van der Waals surface area contributed by atoms with Crippen molar-refractivity contribution in [2.45, 2.75) is 130 Å². The van der Waals surface area contributed by atoms with Crippen LogP contribution in [0.2, 0.25) is 0 Å². The third-order valence-electron chi connectivity index (χ3n) is 11.8. The van der Waals surface area contributed by atoms with E-state index in [-0.39, 0.29) is 66.1 Å². The highest BCUT2D eigenvalue weighted by Crippen LogP contribution is 2.31. The van der Waals surface area contributed by atoms with Crippen LogP contribution in [-0.4, -0.2) is 134 Å². The minimum absolute atomic E-state index is 0.0113. The Kier molecular flexibility index (Phi) is 20.1. The second kappa shape index (κ2) is 23.9. The average molecular weight is 857 g/mol. The highest BCUT2D eigenvalue weighted by Gasteiger charge is 2.43. The summed E-state index contributed by atoms with van der Waals surface area (Å²) in [5, 5.41) is 8.44. The maximum Gasteiger partial charge on any atom is 0.357 e. The Bertz CT molecular complexity index is 1680. The first-order valence-electron chi connectivity index (χ1n) is 21.5. The number of likely N-dealkylation sites (tertiary alicyclic amines) is 1. The molecule has 8 unspecified atom stereocenters. The van der Waals surface area contributed by atoms with Gasteiger partial charge in [-0.25, -0.2) is 9.78 Å². The van der Waals surface area contributed by atoms with Crippen LogP contribution in [0, 0.1) is 23.7 Å². The fourth-order valence-electron chi connectivity index (χ4n) is 8.51. The Morgan fingerprint density at radius 2 is 1.58 bits per heavy atom. The number of hydrogen-bond acceptors (Lipinski definition) is 11. The van der Waals surface area contributed by atoms with Gasteiger partial charge in [0, 0.05) is 33.2 Å². The topological polar surface area (TPSA) is 160 Å². The number of hydrogen-bond donors (Lipinski definition) is 2. The molecule has 336 valence electrons. The third kappa shape index (κ3) is 13.0. The summed E-state index contributed by atoms with van der Waals surface area (Å²) < 4.78 is 17.3. The smallest absolute Gasteiger partial charge is 0.357 e. The van der Waals surface area contributed by atoms with Crippen molar-refractivity contribution in [3.05, 3.63) is 52.0 Å². The lowest BCUT2D eigenvalue weighted by Crippen LogP contribution is -2.59. The van der Waals surface area contributed by atoms with Gasteiger partial charge in [0.25, 0.3) is 0 Å². The summed E-state index contributed by atoms with van der Waals surface area (Å²) in [6, 6.07) is 7.19. The fourth-order valence-corrected chi connectivity index (χ4v) is 9.35. The number of rotatable bonds is 23. The first-order chi connectivity index (χ1) is 28.4. The van der Waals surface area contributed by atoms with E-state index in [1.165, 1.54) is 11.3 Å². The summed E-state index contributed by atoms with van der Waals surface area (Å²) in [5.41, 5.74) is 1.18. The van der Waals surface area contributed by atoms with E-state index in [2.05, 4.69) is 15.6 Å². The number of nitrogens with one attached hydrogen (secondary N) is 2. The molecular formula is C45H72N6O8S. The molecule has 2 aromatic rings. The Morgan fingerprint density at radius 1 is 0.917 bits per heavy atom. The van der Waals surface area contributed by atoms with Crippen molar-refractivity contribution in [3.63, 3.8) is 0 Å². The largest absolute Gasteiger partial charge is 0.461 e. The average Bonchev–Trinajstić information content (AvgIpc) is 3.91. The van der Waals surface area contributed by atoms with Crippen molar-refractivity contribution in [2.75, 3.05) is 48.5 Å². The van der Waals surface area contributed by atoms with E-state index in [1.807, 2.05) is 90.9 Å². The van der Waals surface area contributed by atoms with Gasteiger partial charge in [-0.1, -0.05) is 85.2 Å². The van der Waals surface area contributed by atoms with Crippen LogP contribution in [0.15, 0.2) is 35.7 Å². The SMILES string of the molecule is CCOC(=O)c1csc(C(Cc2ccccc2)NC(=O)C(C)C(OC)[C@@H]2CCCN2C(=O)CC(OC)C(C(C)CC)N(C)C(=O)C(NC(=O)C(C(C)C)N(C)C)C(C)C)n1. The summed E-state index contributed by atoms with van der Waals surface area (Å²) >= 11 is 1.29. The number of ether oxygens (including phenoxy) is 3. The number of amides is 4. The summed E-state index contributed by atoms with van der Waals surface area (Å²) in [5.74, 6) is -2.22. The van der Waals surface area contributed by atoms with E-state index < -0.39 is 48.3 Å². The zero-order chi connectivity index (χ0) is 44.8. The van der Waals surface area contributed by atoms with Gasteiger partial charge in [0.15, 0.2) is 5.69 Å². The first-order valence-corrected chi connectivity index (χ1v) is 22.3. The van der Waals surface area contributed by atoms with Gasteiger partial charge in [0.2, 0.25) is 23.6 Å². The number of thiazole rings is 1. The lowest BCUT2D eigenvalue weighted by Gasteiger charge is -2.41. The molecule has 1 fully saturated rings. The number of carbonyl (C=O) groups is 5. The van der Waals surface area contributed by atoms with Gasteiger partial charge in [0.1, 0.15) is 11.0 Å². The maximum absolute atomic E-state index is 14.4. The van der Waals surface area contributed by atoms with Crippen LogP contribution in [0.4, 0.5) is 0 Å². The number of carbonyl (C=O) groups excluding carboxylic acids is 5. The third-order valence-corrected chi connectivity index (χ3v) is 12.8. The molecule has 15 heteroatoms. The highest BCUT2D eigenvalue weighted by atomic mass is 32.1. The van der Waals surface area contributed by atoms with Gasteiger partial charge in [-0.2, -0.15) is 0 Å². The van der Waals surface area contributed by atoms with Gasteiger partial charge in [-0.15, -0.1) is 11.3 Å². The fraction of sp³-hybridized carbons (Fsp3) is 0.689. The van der Waals surface area contributed by atoms with E-state index in [0.717, 1.165) is 18.4 Å². The summed E-state index contributed by atoms with van der Waals surface area (Å²) in [7, 11) is 8.57. The van der Waals surface area contributed by atoms with Crippen molar-refractivity contribution < 1.29 is 38.2 Å². The molecule has 0 aliphatic carbocycles. The molecule has 0 radical (unpaired) electrons. The molecule has 1 aromatic carbocycles. The van der Waals surface area contributed by atoms with Crippen molar-refractivity contribution in [2.24, 2.45) is 23.7 Å². The molecule has 60 heavy (non-hydrogen) atoms. The molecule has 0 saturated carbocycles. The number of aromatic nitrogens is 1. The zero-order valence-corrected chi connectivity index (χ0v) is 39.0. The number of methoxy groups -OCH3 is 2. The number of likely N-dealkylation sites (N-methyl/N-ethyl adjacent to an activating group) is 2. The van der Waals surface area contributed by atoms with Crippen molar-refractivity contribution in [1.82, 2.24) is 30.3 Å². The lowest BCUT2D eigenvalue weighted by molar-refractivity contribution is -0.148. The van der Waals surface area contributed by atoms with Gasteiger partial charge in [-0.3, -0.25) is 24.1 Å². The van der Waals surface area contributed by atoms with Crippen molar-refractivity contribution in [3.8, 4) is 0 Å². The summed E-state index contributed by atoms with van der Waals surface area (Å²) in [6.07, 6.45) is 1.31. The van der Waals surface area contributed by atoms with Gasteiger partial charge in [0.05, 0.1) is 55.3 Å². The Balaban J connectivity index is 1.83. The quantitative estimate of drug-likeness (QED) is 0.139. The molecule has 2 N–H and O–H groups in total. The molecule has 0 spiro atoms. The monoisotopic (exact) mass is 857 g/mol. The molecule has 2 heterocycles. The molecule has 1 saturated heterocycles. The predicted octanol–water partition coefficient (Wildman–Crippen LogP) is 5.37. The predicted molar refractivity (Wildman–Crippen MR) is 234 cm³/mol. The summed E-state index contributed by atoms with van der Waals surface area (Å²) in [6.45, 7) is 16.1. The van der Waals surface area contributed by atoms with Crippen LogP contribution in [0.1, 0.15) is 108 Å². The van der Waals surface area contributed by atoms with Gasteiger partial charge >= 0.3 is 5.97 Å². The number of esters is 1. The molecule has 1 aliphatic heterocycles. The molecule has 0 bridgehead atoms. The number of benzene rings is 1. The van der Waals surface area contributed by atoms with E-state index in [1.54, 1.807) is 50.3 Å². The standard InChI is InChI=1S/C45H72N6O8S/c1-14-29(7)39(50(11)44(55)37(27(3)4)48-42(54)38(28(5)6)49(9)10)35(57-12)25-36(52)51-23-19-22-34(51)40(58-13)30(8)41(53)46-32(24-31-20-17-16-18-21-31)43-47-33(26-60-43)45(56)59-15-2/h16-18,20-21,26-30,32,34-35,37-40H,14-15,19,22-25H2,1-13H3,(H,46,53)(H,48,54)/t29?,30?,32?,34-,35?,37?,38?,39?,40?/m0/s1. The zero-order valence-electron chi connectivity index (χ0n) is 38.2. The van der Waals surface area contributed by atoms with Crippen molar-refractivity contribution in [1.29, 1.82) is 0 Å². The molecule has 1 aromatic heterocycles. The Hall–Kier alpha value is -3.92. The minimum atomic E-state index is -0.774. The van der Waals surface area contributed by atoms with E-state index in [4.69, 9.17) is 14.2 Å². The van der Waals surface area contributed by atoms with Crippen LogP contribution in [-0.2, 0) is 39.8 Å². The van der Waals surface area contributed by atoms with Crippen LogP contribution in [0.25, 0.3) is 0 Å². The Morgan fingerprint density at radius 3 is 2.13 bits per heavy atom. The van der Waals surface area contributed by atoms with Crippen LogP contribution < -0.4 is 10.6 Å². The molecule has 4 amide bonds. The normalized spacial score (nSPS) is 18.3.